The molecule has 1 atom stereocenters. The van der Waals surface area contributed by atoms with Gasteiger partial charge in [-0.15, -0.1) is 0 Å². The standard InChI is InChI=1S/C11H10ClN3O3/c1-6-10(17)14-9(16)5-15(6)11(18)8-3-2-7(12)4-13-8/h2-4,6H,5H2,1H3,(H,14,16,17). The van der Waals surface area contributed by atoms with Gasteiger partial charge in [-0.05, 0) is 19.1 Å². The second kappa shape index (κ2) is 4.73. The third-order valence-corrected chi connectivity index (χ3v) is 2.85. The van der Waals surface area contributed by atoms with E-state index in [1.807, 2.05) is 0 Å². The van der Waals surface area contributed by atoms with Crippen LogP contribution in [0.1, 0.15) is 17.4 Å². The number of aromatic nitrogens is 1. The van der Waals surface area contributed by atoms with E-state index in [-0.39, 0.29) is 12.2 Å². The predicted octanol–water partition coefficient (Wildman–Crippen LogP) is 0.222. The van der Waals surface area contributed by atoms with Crippen molar-refractivity contribution in [2.45, 2.75) is 13.0 Å². The molecule has 1 aromatic heterocycles. The molecule has 0 spiro atoms. The minimum atomic E-state index is -0.701. The van der Waals surface area contributed by atoms with E-state index in [1.54, 1.807) is 6.92 Å². The number of rotatable bonds is 1. The Kier molecular flexibility index (Phi) is 3.29. The van der Waals surface area contributed by atoms with Gasteiger partial charge in [0.15, 0.2) is 0 Å². The lowest BCUT2D eigenvalue weighted by atomic mass is 10.2. The van der Waals surface area contributed by atoms with E-state index in [9.17, 15) is 14.4 Å². The summed E-state index contributed by atoms with van der Waals surface area (Å²) in [5.41, 5.74) is 0.147. The summed E-state index contributed by atoms with van der Waals surface area (Å²) in [5, 5.41) is 2.57. The highest BCUT2D eigenvalue weighted by Gasteiger charge is 2.34. The summed E-state index contributed by atoms with van der Waals surface area (Å²) in [6.45, 7) is 1.39. The lowest BCUT2D eigenvalue weighted by Gasteiger charge is -2.31. The quantitative estimate of drug-likeness (QED) is 0.739. The maximum Gasteiger partial charge on any atom is 0.273 e. The first-order valence-electron chi connectivity index (χ1n) is 5.25. The SMILES string of the molecule is CC1C(=O)NC(=O)CN1C(=O)c1ccc(Cl)cn1. The second-order valence-corrected chi connectivity index (χ2v) is 4.32. The summed E-state index contributed by atoms with van der Waals surface area (Å²) in [4.78, 5) is 39.8. The van der Waals surface area contributed by atoms with Crippen LogP contribution in [0.4, 0.5) is 0 Å². The molecule has 1 aromatic rings. The second-order valence-electron chi connectivity index (χ2n) is 3.88. The molecule has 0 aliphatic carbocycles. The maximum absolute atomic E-state index is 12.1. The number of nitrogens with one attached hydrogen (secondary N) is 1. The number of carbonyl (C=O) groups is 3. The average Bonchev–Trinajstić information content (AvgIpc) is 2.34. The lowest BCUT2D eigenvalue weighted by molar-refractivity contribution is -0.138. The van der Waals surface area contributed by atoms with Crippen LogP contribution in [0.15, 0.2) is 18.3 Å². The van der Waals surface area contributed by atoms with Crippen molar-refractivity contribution in [3.8, 4) is 0 Å². The highest BCUT2D eigenvalue weighted by atomic mass is 35.5. The number of carbonyl (C=O) groups excluding carboxylic acids is 3. The van der Waals surface area contributed by atoms with Gasteiger partial charge < -0.3 is 4.90 Å². The normalized spacial score (nSPS) is 19.7. The first kappa shape index (κ1) is 12.5. The summed E-state index contributed by atoms with van der Waals surface area (Å²) < 4.78 is 0. The van der Waals surface area contributed by atoms with E-state index >= 15 is 0 Å². The topological polar surface area (TPSA) is 79.4 Å². The fraction of sp³-hybridized carbons (Fsp3) is 0.273. The molecule has 94 valence electrons. The summed E-state index contributed by atoms with van der Waals surface area (Å²) >= 11 is 5.67. The molecular formula is C11H10ClN3O3. The number of piperazine rings is 1. The monoisotopic (exact) mass is 267 g/mol. The molecule has 0 bridgehead atoms. The number of halogens is 1. The Bertz CT molecular complexity index is 515. The molecule has 18 heavy (non-hydrogen) atoms. The molecule has 6 nitrogen and oxygen atoms in total. The zero-order valence-electron chi connectivity index (χ0n) is 9.51. The molecule has 1 unspecified atom stereocenters. The Hall–Kier alpha value is -1.95. The third kappa shape index (κ3) is 2.33. The van der Waals surface area contributed by atoms with Crippen molar-refractivity contribution in [2.75, 3.05) is 6.54 Å². The molecule has 1 aliphatic rings. The molecule has 0 aromatic carbocycles. The van der Waals surface area contributed by atoms with Crippen LogP contribution >= 0.6 is 11.6 Å². The first-order valence-corrected chi connectivity index (χ1v) is 5.63. The van der Waals surface area contributed by atoms with Crippen LogP contribution in [0, 0.1) is 0 Å². The Balaban J connectivity index is 2.24. The summed E-state index contributed by atoms with van der Waals surface area (Å²) in [6.07, 6.45) is 1.34. The van der Waals surface area contributed by atoms with E-state index in [4.69, 9.17) is 11.6 Å². The van der Waals surface area contributed by atoms with Crippen LogP contribution in [0.25, 0.3) is 0 Å². The number of amides is 3. The van der Waals surface area contributed by atoms with Crippen LogP contribution in [-0.4, -0.2) is 40.2 Å². The minimum Gasteiger partial charge on any atom is -0.316 e. The fourth-order valence-electron chi connectivity index (χ4n) is 1.61. The summed E-state index contributed by atoms with van der Waals surface area (Å²) in [7, 11) is 0. The lowest BCUT2D eigenvalue weighted by Crippen LogP contribution is -2.58. The van der Waals surface area contributed by atoms with Gasteiger partial charge in [-0.2, -0.15) is 0 Å². The van der Waals surface area contributed by atoms with E-state index < -0.39 is 23.8 Å². The maximum atomic E-state index is 12.1. The van der Waals surface area contributed by atoms with E-state index in [0.29, 0.717) is 5.02 Å². The summed E-state index contributed by atoms with van der Waals surface area (Å²) in [5.74, 6) is -1.46. The molecule has 1 N–H and O–H groups in total. The Morgan fingerprint density at radius 1 is 1.50 bits per heavy atom. The largest absolute Gasteiger partial charge is 0.316 e. The van der Waals surface area contributed by atoms with Crippen molar-refractivity contribution in [3.63, 3.8) is 0 Å². The van der Waals surface area contributed by atoms with Crippen LogP contribution in [-0.2, 0) is 9.59 Å². The van der Waals surface area contributed by atoms with Gasteiger partial charge >= 0.3 is 0 Å². The number of nitrogens with zero attached hydrogens (tertiary/aromatic N) is 2. The molecular weight excluding hydrogens is 258 g/mol. The molecule has 1 fully saturated rings. The highest BCUT2D eigenvalue weighted by molar-refractivity contribution is 6.30. The Morgan fingerprint density at radius 3 is 2.83 bits per heavy atom. The molecule has 0 saturated carbocycles. The van der Waals surface area contributed by atoms with Gasteiger partial charge in [0.1, 0.15) is 18.3 Å². The highest BCUT2D eigenvalue weighted by Crippen LogP contribution is 2.12. The Labute approximate surface area is 108 Å². The number of imide groups is 1. The zero-order valence-corrected chi connectivity index (χ0v) is 10.3. The number of pyridine rings is 1. The van der Waals surface area contributed by atoms with Gasteiger partial charge in [0.25, 0.3) is 5.91 Å². The van der Waals surface area contributed by atoms with Gasteiger partial charge in [0.2, 0.25) is 11.8 Å². The van der Waals surface area contributed by atoms with Crippen LogP contribution < -0.4 is 5.32 Å². The molecule has 3 amide bonds. The fourth-order valence-corrected chi connectivity index (χ4v) is 1.72. The molecule has 7 heteroatoms. The van der Waals surface area contributed by atoms with E-state index in [0.717, 1.165) is 0 Å². The van der Waals surface area contributed by atoms with E-state index in [2.05, 4.69) is 10.3 Å². The van der Waals surface area contributed by atoms with Crippen LogP contribution in [0.5, 0.6) is 0 Å². The van der Waals surface area contributed by atoms with Crippen molar-refractivity contribution < 1.29 is 14.4 Å². The molecule has 0 radical (unpaired) electrons. The molecule has 1 aliphatic heterocycles. The predicted molar refractivity (Wildman–Crippen MR) is 62.9 cm³/mol. The van der Waals surface area contributed by atoms with Crippen molar-refractivity contribution >= 4 is 29.3 Å². The zero-order chi connectivity index (χ0) is 13.3. The number of hydrogen-bond donors (Lipinski definition) is 1. The molecule has 2 heterocycles. The molecule has 2 rings (SSSR count). The van der Waals surface area contributed by atoms with Crippen molar-refractivity contribution in [3.05, 3.63) is 29.0 Å². The minimum absolute atomic E-state index is 0.147. The van der Waals surface area contributed by atoms with Crippen molar-refractivity contribution in [2.24, 2.45) is 0 Å². The average molecular weight is 268 g/mol. The van der Waals surface area contributed by atoms with Crippen molar-refractivity contribution in [1.82, 2.24) is 15.2 Å². The van der Waals surface area contributed by atoms with Gasteiger partial charge in [-0.1, -0.05) is 11.6 Å². The third-order valence-electron chi connectivity index (χ3n) is 2.63. The van der Waals surface area contributed by atoms with Crippen LogP contribution in [0.3, 0.4) is 0 Å². The van der Waals surface area contributed by atoms with Crippen LogP contribution in [0.2, 0.25) is 5.02 Å². The summed E-state index contributed by atoms with van der Waals surface area (Å²) in [6, 6.07) is 2.28. The smallest absolute Gasteiger partial charge is 0.273 e. The van der Waals surface area contributed by atoms with Gasteiger partial charge in [0.05, 0.1) is 5.02 Å². The van der Waals surface area contributed by atoms with E-state index in [1.165, 1.54) is 23.2 Å². The number of hydrogen-bond acceptors (Lipinski definition) is 4. The van der Waals surface area contributed by atoms with Gasteiger partial charge in [-0.25, -0.2) is 4.98 Å². The van der Waals surface area contributed by atoms with Gasteiger partial charge in [0, 0.05) is 6.20 Å². The molecule has 1 saturated heterocycles. The Morgan fingerprint density at radius 2 is 2.22 bits per heavy atom. The van der Waals surface area contributed by atoms with Crippen molar-refractivity contribution in [1.29, 1.82) is 0 Å². The first-order chi connectivity index (χ1) is 8.49. The van der Waals surface area contributed by atoms with Gasteiger partial charge in [-0.3, -0.25) is 19.7 Å².